The molecule has 0 aliphatic heterocycles. The maximum Gasteiger partial charge on any atom is 0.433 e. The Bertz CT molecular complexity index is 710. The van der Waals surface area contributed by atoms with Crippen LogP contribution in [0.5, 0.6) is 5.75 Å². The monoisotopic (exact) mass is 346 g/mol. The quantitative estimate of drug-likeness (QED) is 0.698. The summed E-state index contributed by atoms with van der Waals surface area (Å²) < 4.78 is 57.1. The Morgan fingerprint density at radius 1 is 1.21 bits per heavy atom. The normalized spacial score (nSPS) is 11.2. The van der Waals surface area contributed by atoms with Gasteiger partial charge in [-0.25, -0.2) is 9.37 Å². The maximum atomic E-state index is 13.6. The van der Waals surface area contributed by atoms with E-state index in [0.717, 1.165) is 6.07 Å². The summed E-state index contributed by atoms with van der Waals surface area (Å²) in [4.78, 5) is 7.19. The third-order valence-corrected chi connectivity index (χ3v) is 2.84. The van der Waals surface area contributed by atoms with Gasteiger partial charge in [0.2, 0.25) is 5.95 Å². The lowest BCUT2D eigenvalue weighted by atomic mass is 10.3. The number of hydrogen-bond acceptors (Lipinski definition) is 6. The number of methoxy groups -OCH3 is 1. The summed E-state index contributed by atoms with van der Waals surface area (Å²) in [5, 5.41) is 13.8. The Labute approximate surface area is 134 Å². The van der Waals surface area contributed by atoms with Gasteiger partial charge in [0.15, 0.2) is 17.3 Å². The number of aliphatic hydroxyl groups is 1. The number of nitrogens with one attached hydrogen (secondary N) is 2. The summed E-state index contributed by atoms with van der Waals surface area (Å²) in [5.74, 6) is -1.16. The van der Waals surface area contributed by atoms with E-state index in [9.17, 15) is 17.6 Å². The number of alkyl halides is 3. The summed E-state index contributed by atoms with van der Waals surface area (Å²) in [7, 11) is 1.30. The highest BCUT2D eigenvalue weighted by molar-refractivity contribution is 5.59. The van der Waals surface area contributed by atoms with Crippen molar-refractivity contribution >= 4 is 17.5 Å². The molecule has 0 aliphatic carbocycles. The van der Waals surface area contributed by atoms with E-state index < -0.39 is 17.7 Å². The van der Waals surface area contributed by atoms with Crippen LogP contribution < -0.4 is 15.4 Å². The lowest BCUT2D eigenvalue weighted by Crippen LogP contribution is -2.15. The van der Waals surface area contributed by atoms with Crippen LogP contribution in [0, 0.1) is 5.82 Å². The number of rotatable bonds is 6. The van der Waals surface area contributed by atoms with Crippen molar-refractivity contribution in [2.45, 2.75) is 6.18 Å². The lowest BCUT2D eigenvalue weighted by molar-refractivity contribution is -0.141. The standard InChI is InChI=1S/C14H14F4N4O2/c1-24-10-3-2-8(6-9(10)15)20-12-7-11(14(16,17)18)21-13(22-12)19-4-5-23/h2-3,6-7,23H,4-5H2,1H3,(H2,19,20,21,22). The SMILES string of the molecule is COc1ccc(Nc2cc(C(F)(F)F)nc(NCCO)n2)cc1F. The van der Waals surface area contributed by atoms with E-state index in [-0.39, 0.29) is 36.4 Å². The average Bonchev–Trinajstić information content (AvgIpc) is 2.52. The van der Waals surface area contributed by atoms with Gasteiger partial charge in [0.25, 0.3) is 0 Å². The van der Waals surface area contributed by atoms with Gasteiger partial charge in [0.1, 0.15) is 5.82 Å². The first kappa shape index (κ1) is 17.7. The predicted molar refractivity (Wildman–Crippen MR) is 78.8 cm³/mol. The number of ether oxygens (including phenoxy) is 1. The minimum Gasteiger partial charge on any atom is -0.494 e. The van der Waals surface area contributed by atoms with Crippen molar-refractivity contribution in [3.05, 3.63) is 35.8 Å². The molecule has 24 heavy (non-hydrogen) atoms. The number of benzene rings is 1. The Morgan fingerprint density at radius 3 is 2.54 bits per heavy atom. The van der Waals surface area contributed by atoms with Crippen molar-refractivity contribution in [3.8, 4) is 5.75 Å². The molecular formula is C14H14F4N4O2. The summed E-state index contributed by atoms with van der Waals surface area (Å²) in [6.45, 7) is -0.316. The molecule has 0 fully saturated rings. The molecule has 0 atom stereocenters. The molecule has 1 heterocycles. The van der Waals surface area contributed by atoms with Crippen molar-refractivity contribution in [2.75, 3.05) is 30.9 Å². The molecule has 10 heteroatoms. The largest absolute Gasteiger partial charge is 0.494 e. The van der Waals surface area contributed by atoms with Gasteiger partial charge in [-0.2, -0.15) is 18.2 Å². The van der Waals surface area contributed by atoms with Crippen LogP contribution in [0.4, 0.5) is 35.0 Å². The van der Waals surface area contributed by atoms with Crippen LogP contribution in [-0.4, -0.2) is 35.3 Å². The highest BCUT2D eigenvalue weighted by Crippen LogP contribution is 2.31. The molecule has 1 aromatic heterocycles. The number of hydrogen-bond donors (Lipinski definition) is 3. The molecule has 6 nitrogen and oxygen atoms in total. The zero-order chi connectivity index (χ0) is 17.7. The van der Waals surface area contributed by atoms with Crippen LogP contribution in [0.1, 0.15) is 5.69 Å². The number of halogens is 4. The van der Waals surface area contributed by atoms with Gasteiger partial charge < -0.3 is 20.5 Å². The van der Waals surface area contributed by atoms with Crippen LogP contribution in [0.3, 0.4) is 0 Å². The van der Waals surface area contributed by atoms with Crippen LogP contribution in [0.2, 0.25) is 0 Å². The summed E-state index contributed by atoms with van der Waals surface area (Å²) in [5.41, 5.74) is -0.984. The van der Waals surface area contributed by atoms with Crippen molar-refractivity contribution in [2.24, 2.45) is 0 Å². The van der Waals surface area contributed by atoms with E-state index in [0.29, 0.717) is 6.07 Å². The van der Waals surface area contributed by atoms with E-state index in [2.05, 4.69) is 20.6 Å². The molecule has 1 aromatic carbocycles. The summed E-state index contributed by atoms with van der Waals surface area (Å²) in [6.07, 6.45) is -4.68. The third-order valence-electron chi connectivity index (χ3n) is 2.84. The van der Waals surface area contributed by atoms with Crippen molar-refractivity contribution in [3.63, 3.8) is 0 Å². The van der Waals surface area contributed by atoms with Gasteiger partial charge in [-0.3, -0.25) is 0 Å². The molecule has 0 unspecified atom stereocenters. The van der Waals surface area contributed by atoms with Gasteiger partial charge in [-0.05, 0) is 12.1 Å². The molecule has 2 aromatic rings. The van der Waals surface area contributed by atoms with Gasteiger partial charge in [0.05, 0.1) is 13.7 Å². The van der Waals surface area contributed by atoms with Gasteiger partial charge in [-0.15, -0.1) is 0 Å². The Hall–Kier alpha value is -2.62. The first-order chi connectivity index (χ1) is 11.3. The zero-order valence-electron chi connectivity index (χ0n) is 12.5. The maximum absolute atomic E-state index is 13.6. The predicted octanol–water partition coefficient (Wildman–Crippen LogP) is 2.79. The fourth-order valence-corrected chi connectivity index (χ4v) is 1.80. The van der Waals surface area contributed by atoms with Crippen molar-refractivity contribution in [1.29, 1.82) is 0 Å². The molecule has 0 aliphatic rings. The molecular weight excluding hydrogens is 332 g/mol. The molecule has 3 N–H and O–H groups in total. The number of nitrogens with zero attached hydrogens (tertiary/aromatic N) is 2. The third kappa shape index (κ3) is 4.44. The van der Waals surface area contributed by atoms with E-state index in [1.165, 1.54) is 19.2 Å². The minimum absolute atomic E-state index is 0.00418. The Morgan fingerprint density at radius 2 is 1.96 bits per heavy atom. The van der Waals surface area contributed by atoms with E-state index >= 15 is 0 Å². The van der Waals surface area contributed by atoms with Crippen LogP contribution >= 0.6 is 0 Å². The number of aromatic nitrogens is 2. The second kappa shape index (κ2) is 7.30. The number of aliphatic hydroxyl groups excluding tert-OH is 1. The molecule has 0 bridgehead atoms. The van der Waals surface area contributed by atoms with Crippen molar-refractivity contribution < 1.29 is 27.4 Å². The van der Waals surface area contributed by atoms with E-state index in [4.69, 9.17) is 9.84 Å². The van der Waals surface area contributed by atoms with Crippen LogP contribution in [0.15, 0.2) is 24.3 Å². The molecule has 0 radical (unpaired) electrons. The number of anilines is 3. The smallest absolute Gasteiger partial charge is 0.433 e. The molecule has 130 valence electrons. The molecule has 0 spiro atoms. The second-order valence-corrected chi connectivity index (χ2v) is 4.58. The fourth-order valence-electron chi connectivity index (χ4n) is 1.80. The highest BCUT2D eigenvalue weighted by atomic mass is 19.4. The van der Waals surface area contributed by atoms with Gasteiger partial charge in [0, 0.05) is 24.4 Å². The first-order valence-corrected chi connectivity index (χ1v) is 6.75. The minimum atomic E-state index is -4.68. The second-order valence-electron chi connectivity index (χ2n) is 4.58. The van der Waals surface area contributed by atoms with E-state index in [1.54, 1.807) is 0 Å². The van der Waals surface area contributed by atoms with Gasteiger partial charge in [-0.1, -0.05) is 0 Å². The average molecular weight is 346 g/mol. The van der Waals surface area contributed by atoms with Crippen LogP contribution in [0.25, 0.3) is 0 Å². The molecule has 0 saturated heterocycles. The topological polar surface area (TPSA) is 79.3 Å². The van der Waals surface area contributed by atoms with Crippen LogP contribution in [-0.2, 0) is 6.18 Å². The first-order valence-electron chi connectivity index (χ1n) is 6.75. The molecule has 0 amide bonds. The van der Waals surface area contributed by atoms with Gasteiger partial charge >= 0.3 is 6.18 Å². The van der Waals surface area contributed by atoms with Crippen molar-refractivity contribution in [1.82, 2.24) is 9.97 Å². The lowest BCUT2D eigenvalue weighted by Gasteiger charge is -2.13. The zero-order valence-corrected chi connectivity index (χ0v) is 12.5. The molecule has 0 saturated carbocycles. The molecule has 2 rings (SSSR count). The summed E-state index contributed by atoms with van der Waals surface area (Å²) in [6, 6.07) is 4.52. The fraction of sp³-hybridized carbons (Fsp3) is 0.286. The Kier molecular flexibility index (Phi) is 5.39. The highest BCUT2D eigenvalue weighted by Gasteiger charge is 2.33. The van der Waals surface area contributed by atoms with E-state index in [1.807, 2.05) is 0 Å². The summed E-state index contributed by atoms with van der Waals surface area (Å²) >= 11 is 0. The Balaban J connectivity index is 2.32.